The lowest BCUT2D eigenvalue weighted by Gasteiger charge is -2.08. The number of rotatable bonds is 3. The first-order chi connectivity index (χ1) is 7.66. The van der Waals surface area contributed by atoms with Crippen LogP contribution < -0.4 is 10.9 Å². The fourth-order valence-electron chi connectivity index (χ4n) is 2.12. The number of hydrogen-bond acceptors (Lipinski definition) is 3. The molecular weight excluding hydrogens is 202 g/mol. The van der Waals surface area contributed by atoms with Crippen LogP contribution in [-0.4, -0.2) is 23.1 Å². The number of H-pyrrole nitrogens is 1. The molecule has 1 saturated heterocycles. The Bertz CT molecular complexity index is 405. The monoisotopic (exact) mass is 221 g/mol. The third-order valence-electron chi connectivity index (χ3n) is 3.15. The van der Waals surface area contributed by atoms with Crippen molar-refractivity contribution in [2.75, 3.05) is 13.1 Å². The van der Waals surface area contributed by atoms with E-state index in [9.17, 15) is 4.79 Å². The van der Waals surface area contributed by atoms with Crippen LogP contribution in [-0.2, 0) is 6.42 Å². The van der Waals surface area contributed by atoms with Gasteiger partial charge in [-0.1, -0.05) is 13.8 Å². The van der Waals surface area contributed by atoms with Gasteiger partial charge in [-0.05, 0) is 31.3 Å². The highest BCUT2D eigenvalue weighted by atomic mass is 16.1. The third-order valence-corrected chi connectivity index (χ3v) is 3.15. The zero-order valence-corrected chi connectivity index (χ0v) is 9.92. The van der Waals surface area contributed by atoms with Gasteiger partial charge in [0, 0.05) is 18.2 Å². The fraction of sp³-hybridized carbons (Fsp3) is 0.667. The summed E-state index contributed by atoms with van der Waals surface area (Å²) in [5.74, 6) is 1.68. The topological polar surface area (TPSA) is 57.8 Å². The molecule has 1 fully saturated rings. The summed E-state index contributed by atoms with van der Waals surface area (Å²) < 4.78 is 0. The molecule has 2 rings (SSSR count). The second-order valence-electron chi connectivity index (χ2n) is 4.83. The van der Waals surface area contributed by atoms with E-state index in [4.69, 9.17) is 0 Å². The molecule has 0 aliphatic carbocycles. The van der Waals surface area contributed by atoms with Crippen molar-refractivity contribution in [2.24, 2.45) is 5.92 Å². The molecule has 1 atom stereocenters. The van der Waals surface area contributed by atoms with E-state index >= 15 is 0 Å². The van der Waals surface area contributed by atoms with Crippen LogP contribution in [0.25, 0.3) is 0 Å². The van der Waals surface area contributed by atoms with Crippen molar-refractivity contribution in [1.29, 1.82) is 0 Å². The Labute approximate surface area is 95.5 Å². The van der Waals surface area contributed by atoms with Crippen LogP contribution in [0.2, 0.25) is 0 Å². The molecule has 0 bridgehead atoms. The number of hydrogen-bond donors (Lipinski definition) is 2. The molecule has 4 heteroatoms. The predicted molar refractivity (Wildman–Crippen MR) is 63.6 cm³/mol. The summed E-state index contributed by atoms with van der Waals surface area (Å²) in [7, 11) is 0. The lowest BCUT2D eigenvalue weighted by Crippen LogP contribution is -2.19. The summed E-state index contributed by atoms with van der Waals surface area (Å²) in [5, 5.41) is 3.32. The van der Waals surface area contributed by atoms with Crippen LogP contribution in [0.1, 0.15) is 37.6 Å². The van der Waals surface area contributed by atoms with Crippen LogP contribution >= 0.6 is 0 Å². The van der Waals surface area contributed by atoms with E-state index in [-0.39, 0.29) is 11.5 Å². The van der Waals surface area contributed by atoms with E-state index in [1.165, 1.54) is 6.42 Å². The van der Waals surface area contributed by atoms with Gasteiger partial charge < -0.3 is 10.3 Å². The van der Waals surface area contributed by atoms with Gasteiger partial charge in [0.1, 0.15) is 5.82 Å². The smallest absolute Gasteiger partial charge is 0.254 e. The molecule has 2 heterocycles. The van der Waals surface area contributed by atoms with E-state index in [1.54, 1.807) is 6.20 Å². The van der Waals surface area contributed by atoms with Gasteiger partial charge in [-0.2, -0.15) is 0 Å². The minimum absolute atomic E-state index is 0.0194. The average molecular weight is 221 g/mol. The zero-order valence-electron chi connectivity index (χ0n) is 9.92. The molecule has 0 spiro atoms. The van der Waals surface area contributed by atoms with Crippen LogP contribution in [0.5, 0.6) is 0 Å². The molecule has 4 nitrogen and oxygen atoms in total. The van der Waals surface area contributed by atoms with Gasteiger partial charge in [0.2, 0.25) is 0 Å². The Balaban J connectivity index is 2.11. The Morgan fingerprint density at radius 1 is 1.56 bits per heavy atom. The van der Waals surface area contributed by atoms with Gasteiger partial charge in [-0.25, -0.2) is 4.98 Å². The molecule has 0 radical (unpaired) electrons. The van der Waals surface area contributed by atoms with Crippen molar-refractivity contribution in [1.82, 2.24) is 15.3 Å². The second kappa shape index (κ2) is 4.78. The quantitative estimate of drug-likeness (QED) is 0.802. The maximum atomic E-state index is 11.7. The van der Waals surface area contributed by atoms with Crippen LogP contribution in [0, 0.1) is 5.92 Å². The molecule has 88 valence electrons. The summed E-state index contributed by atoms with van der Waals surface area (Å²) in [4.78, 5) is 19.0. The predicted octanol–water partition coefficient (Wildman–Crippen LogP) is 1.05. The van der Waals surface area contributed by atoms with Gasteiger partial charge in [0.15, 0.2) is 0 Å². The molecule has 1 aliphatic heterocycles. The molecule has 2 N–H and O–H groups in total. The van der Waals surface area contributed by atoms with Gasteiger partial charge in [0.25, 0.3) is 5.56 Å². The molecule has 1 aromatic rings. The van der Waals surface area contributed by atoms with Gasteiger partial charge in [-0.15, -0.1) is 0 Å². The highest BCUT2D eigenvalue weighted by molar-refractivity contribution is 5.10. The minimum atomic E-state index is 0.0194. The Morgan fingerprint density at radius 2 is 2.38 bits per heavy atom. The average Bonchev–Trinajstić information content (AvgIpc) is 2.70. The van der Waals surface area contributed by atoms with E-state index in [0.717, 1.165) is 30.9 Å². The second-order valence-corrected chi connectivity index (χ2v) is 4.83. The molecule has 16 heavy (non-hydrogen) atoms. The van der Waals surface area contributed by atoms with Crippen molar-refractivity contribution in [3.8, 4) is 0 Å². The van der Waals surface area contributed by atoms with Gasteiger partial charge in [-0.3, -0.25) is 4.79 Å². The van der Waals surface area contributed by atoms with Crippen LogP contribution in [0.3, 0.4) is 0 Å². The molecule has 0 aromatic carbocycles. The first-order valence-corrected chi connectivity index (χ1v) is 5.95. The van der Waals surface area contributed by atoms with E-state index in [1.807, 2.05) is 13.8 Å². The van der Waals surface area contributed by atoms with Crippen molar-refractivity contribution in [3.05, 3.63) is 27.9 Å². The number of nitrogens with zero attached hydrogens (tertiary/aromatic N) is 1. The molecule has 0 saturated carbocycles. The highest BCUT2D eigenvalue weighted by Crippen LogP contribution is 2.12. The largest absolute Gasteiger partial charge is 0.316 e. The Morgan fingerprint density at radius 3 is 2.94 bits per heavy atom. The summed E-state index contributed by atoms with van der Waals surface area (Å²) in [6.07, 6.45) is 3.78. The minimum Gasteiger partial charge on any atom is -0.316 e. The van der Waals surface area contributed by atoms with Crippen molar-refractivity contribution in [3.63, 3.8) is 0 Å². The molecule has 1 unspecified atom stereocenters. The molecular formula is C12H19N3O. The lowest BCUT2D eigenvalue weighted by atomic mass is 10.0. The fourth-order valence-corrected chi connectivity index (χ4v) is 2.12. The molecule has 0 amide bonds. The van der Waals surface area contributed by atoms with Gasteiger partial charge in [0.05, 0.1) is 0 Å². The first-order valence-electron chi connectivity index (χ1n) is 5.95. The molecule has 1 aliphatic rings. The van der Waals surface area contributed by atoms with E-state index in [2.05, 4.69) is 15.3 Å². The van der Waals surface area contributed by atoms with Crippen molar-refractivity contribution in [2.45, 2.75) is 32.6 Å². The number of aromatic amines is 1. The van der Waals surface area contributed by atoms with Crippen molar-refractivity contribution >= 4 is 0 Å². The SMILES string of the molecule is CC(C)c1cnc(CC2CCNC2)[nH]c1=O. The maximum Gasteiger partial charge on any atom is 0.254 e. The van der Waals surface area contributed by atoms with E-state index < -0.39 is 0 Å². The van der Waals surface area contributed by atoms with Gasteiger partial charge >= 0.3 is 0 Å². The summed E-state index contributed by atoms with van der Waals surface area (Å²) in [6.45, 7) is 6.13. The van der Waals surface area contributed by atoms with Crippen molar-refractivity contribution < 1.29 is 0 Å². The summed E-state index contributed by atoms with van der Waals surface area (Å²) in [6, 6.07) is 0. The number of nitrogens with one attached hydrogen (secondary N) is 2. The molecule has 1 aromatic heterocycles. The van der Waals surface area contributed by atoms with E-state index in [0.29, 0.717) is 5.92 Å². The first kappa shape index (κ1) is 11.3. The maximum absolute atomic E-state index is 11.7. The normalized spacial score (nSPS) is 20.6. The number of aromatic nitrogens is 2. The lowest BCUT2D eigenvalue weighted by molar-refractivity contribution is 0.558. The van der Waals surface area contributed by atoms with Crippen LogP contribution in [0.15, 0.2) is 11.0 Å². The third kappa shape index (κ3) is 2.50. The Hall–Kier alpha value is -1.16. The standard InChI is InChI=1S/C12H19N3O/c1-8(2)10-7-14-11(15-12(10)16)5-9-3-4-13-6-9/h7-9,13H,3-6H2,1-2H3,(H,14,15,16). The summed E-state index contributed by atoms with van der Waals surface area (Å²) in [5.41, 5.74) is 0.791. The summed E-state index contributed by atoms with van der Waals surface area (Å²) >= 11 is 0. The van der Waals surface area contributed by atoms with Crippen LogP contribution in [0.4, 0.5) is 0 Å². The highest BCUT2D eigenvalue weighted by Gasteiger charge is 2.16. The Kier molecular flexibility index (Phi) is 3.39. The zero-order chi connectivity index (χ0) is 11.5.